The Hall–Kier alpha value is -0.540. The van der Waals surface area contributed by atoms with Crippen molar-refractivity contribution in [2.45, 2.75) is 45.2 Å². The summed E-state index contributed by atoms with van der Waals surface area (Å²) in [6.07, 6.45) is 1.71. The van der Waals surface area contributed by atoms with Gasteiger partial charge in [0.1, 0.15) is 0 Å². The molecule has 0 aromatic heterocycles. The maximum absolute atomic E-state index is 11.7. The maximum Gasteiger partial charge on any atom is 0.0803 e. The van der Waals surface area contributed by atoms with Gasteiger partial charge in [0.25, 0.3) is 0 Å². The minimum Gasteiger partial charge on any atom is -0.516 e. The van der Waals surface area contributed by atoms with Crippen molar-refractivity contribution in [2.24, 2.45) is 0 Å². The summed E-state index contributed by atoms with van der Waals surface area (Å²) in [6, 6.07) is 0. The Morgan fingerprint density at radius 2 is 1.92 bits per heavy atom. The zero-order valence-corrected chi connectivity index (χ0v) is 8.09. The standard InChI is InChI=1S/C9H16NO2/c1-8(2)5-7(6-11)9(3,4)10(8)12/h6,11H,5H2,1-4H3. The average molecular weight is 170 g/mol. The Morgan fingerprint density at radius 1 is 1.42 bits per heavy atom. The van der Waals surface area contributed by atoms with Crippen molar-refractivity contribution in [3.63, 3.8) is 0 Å². The molecule has 1 aliphatic heterocycles. The first-order valence-corrected chi connectivity index (χ1v) is 4.13. The van der Waals surface area contributed by atoms with E-state index in [1.165, 1.54) is 0 Å². The van der Waals surface area contributed by atoms with Crippen LogP contribution in [0.5, 0.6) is 0 Å². The Kier molecular flexibility index (Phi) is 1.97. The summed E-state index contributed by atoms with van der Waals surface area (Å²) in [6.45, 7) is 7.43. The Labute approximate surface area is 73.3 Å². The molecular formula is C9H16NO2. The predicted molar refractivity (Wildman–Crippen MR) is 46.0 cm³/mol. The number of nitrogens with zero attached hydrogens (tertiary/aromatic N) is 1. The van der Waals surface area contributed by atoms with Crippen molar-refractivity contribution >= 4 is 0 Å². The van der Waals surface area contributed by atoms with Crippen LogP contribution in [0.3, 0.4) is 0 Å². The molecule has 0 bridgehead atoms. The summed E-state index contributed by atoms with van der Waals surface area (Å²) in [5, 5.41) is 21.7. The molecule has 1 radical (unpaired) electrons. The molecule has 1 saturated heterocycles. The molecule has 0 aromatic rings. The molecule has 1 heterocycles. The van der Waals surface area contributed by atoms with Crippen LogP contribution < -0.4 is 0 Å². The van der Waals surface area contributed by atoms with Gasteiger partial charge in [0, 0.05) is 5.54 Å². The van der Waals surface area contributed by atoms with E-state index in [1.807, 2.05) is 27.7 Å². The van der Waals surface area contributed by atoms with Gasteiger partial charge in [0.05, 0.1) is 11.8 Å². The van der Waals surface area contributed by atoms with Crippen LogP contribution in [0.15, 0.2) is 11.8 Å². The molecule has 0 atom stereocenters. The summed E-state index contributed by atoms with van der Waals surface area (Å²) >= 11 is 0. The van der Waals surface area contributed by atoms with Crippen LogP contribution in [0.25, 0.3) is 0 Å². The summed E-state index contributed by atoms with van der Waals surface area (Å²) < 4.78 is 0. The van der Waals surface area contributed by atoms with Gasteiger partial charge in [-0.1, -0.05) is 0 Å². The Morgan fingerprint density at radius 3 is 2.08 bits per heavy atom. The van der Waals surface area contributed by atoms with E-state index in [0.717, 1.165) is 16.9 Å². The van der Waals surface area contributed by atoms with Crippen LogP contribution >= 0.6 is 0 Å². The second-order valence-electron chi connectivity index (χ2n) is 4.50. The highest BCUT2D eigenvalue weighted by molar-refractivity contribution is 5.24. The second-order valence-corrected chi connectivity index (χ2v) is 4.50. The highest BCUT2D eigenvalue weighted by Gasteiger charge is 2.49. The number of rotatable bonds is 0. The van der Waals surface area contributed by atoms with Crippen molar-refractivity contribution in [2.75, 3.05) is 0 Å². The molecule has 0 spiro atoms. The molecule has 12 heavy (non-hydrogen) atoms. The van der Waals surface area contributed by atoms with Crippen molar-refractivity contribution in [3.05, 3.63) is 11.8 Å². The molecule has 3 heteroatoms. The lowest BCUT2D eigenvalue weighted by atomic mass is 9.95. The molecule has 69 valence electrons. The highest BCUT2D eigenvalue weighted by atomic mass is 16.5. The third kappa shape index (κ3) is 1.13. The van der Waals surface area contributed by atoms with Gasteiger partial charge in [0.2, 0.25) is 0 Å². The average Bonchev–Trinajstić information content (AvgIpc) is 2.11. The third-order valence-corrected chi connectivity index (χ3v) is 2.62. The lowest BCUT2D eigenvalue weighted by Crippen LogP contribution is -2.44. The Bertz CT molecular complexity index is 219. The largest absolute Gasteiger partial charge is 0.516 e. The molecule has 0 unspecified atom stereocenters. The van der Waals surface area contributed by atoms with E-state index in [4.69, 9.17) is 5.11 Å². The van der Waals surface area contributed by atoms with Gasteiger partial charge in [0.15, 0.2) is 0 Å². The highest BCUT2D eigenvalue weighted by Crippen LogP contribution is 2.42. The lowest BCUT2D eigenvalue weighted by molar-refractivity contribution is -0.240. The fourth-order valence-corrected chi connectivity index (χ4v) is 1.84. The predicted octanol–water partition coefficient (Wildman–Crippen LogP) is 2.04. The number of hydroxylamine groups is 2. The minimum absolute atomic E-state index is 0.391. The van der Waals surface area contributed by atoms with Crippen LogP contribution in [0.4, 0.5) is 0 Å². The van der Waals surface area contributed by atoms with E-state index >= 15 is 0 Å². The first-order valence-electron chi connectivity index (χ1n) is 4.13. The summed E-state index contributed by atoms with van der Waals surface area (Å²) in [5.41, 5.74) is -0.140. The molecule has 0 saturated carbocycles. The zero-order chi connectivity index (χ0) is 9.57. The molecule has 0 aliphatic carbocycles. The van der Waals surface area contributed by atoms with Crippen molar-refractivity contribution < 1.29 is 10.3 Å². The number of hydrogen-bond acceptors (Lipinski definition) is 2. The van der Waals surface area contributed by atoms with Crippen molar-refractivity contribution in [3.8, 4) is 0 Å². The smallest absolute Gasteiger partial charge is 0.0803 e. The van der Waals surface area contributed by atoms with Crippen LogP contribution in [0.2, 0.25) is 0 Å². The zero-order valence-electron chi connectivity index (χ0n) is 8.09. The second kappa shape index (κ2) is 2.47. The lowest BCUT2D eigenvalue weighted by Gasteiger charge is -2.31. The fraction of sp³-hybridized carbons (Fsp3) is 0.778. The first-order chi connectivity index (χ1) is 5.32. The topological polar surface area (TPSA) is 43.4 Å². The van der Waals surface area contributed by atoms with E-state index in [-0.39, 0.29) is 0 Å². The van der Waals surface area contributed by atoms with Gasteiger partial charge < -0.3 is 5.11 Å². The van der Waals surface area contributed by atoms with Gasteiger partial charge in [-0.2, -0.15) is 0 Å². The van der Waals surface area contributed by atoms with Gasteiger partial charge in [-0.05, 0) is 39.7 Å². The van der Waals surface area contributed by atoms with E-state index in [0.29, 0.717) is 6.42 Å². The molecule has 1 aliphatic rings. The van der Waals surface area contributed by atoms with Crippen LogP contribution in [-0.4, -0.2) is 21.2 Å². The van der Waals surface area contributed by atoms with Gasteiger partial charge in [-0.15, -0.1) is 10.3 Å². The number of aliphatic hydroxyl groups excluding tert-OH is 1. The number of aliphatic hydroxyl groups is 1. The van der Waals surface area contributed by atoms with Crippen molar-refractivity contribution in [1.29, 1.82) is 0 Å². The molecule has 3 nitrogen and oxygen atoms in total. The maximum atomic E-state index is 11.7. The monoisotopic (exact) mass is 170 g/mol. The quantitative estimate of drug-likeness (QED) is 0.565. The summed E-state index contributed by atoms with van der Waals surface area (Å²) in [7, 11) is 0. The SMILES string of the molecule is CC1(C)CC(=CO)C(C)(C)N1[O]. The molecule has 0 aromatic carbocycles. The number of hydrogen-bond donors (Lipinski definition) is 1. The molecule has 1 fully saturated rings. The molecule has 1 N–H and O–H groups in total. The van der Waals surface area contributed by atoms with E-state index < -0.39 is 11.1 Å². The summed E-state index contributed by atoms with van der Waals surface area (Å²) in [4.78, 5) is 0. The van der Waals surface area contributed by atoms with Crippen LogP contribution in [0, 0.1) is 0 Å². The van der Waals surface area contributed by atoms with E-state index in [1.54, 1.807) is 0 Å². The van der Waals surface area contributed by atoms with Gasteiger partial charge >= 0.3 is 0 Å². The van der Waals surface area contributed by atoms with Gasteiger partial charge in [-0.25, -0.2) is 0 Å². The van der Waals surface area contributed by atoms with Gasteiger partial charge in [-0.3, -0.25) is 0 Å². The normalized spacial score (nSPS) is 31.2. The van der Waals surface area contributed by atoms with Crippen LogP contribution in [0.1, 0.15) is 34.1 Å². The summed E-state index contributed by atoms with van der Waals surface area (Å²) in [5.74, 6) is 0. The van der Waals surface area contributed by atoms with E-state index in [9.17, 15) is 5.21 Å². The Balaban J connectivity index is 3.05. The molecule has 0 amide bonds. The molecular weight excluding hydrogens is 154 g/mol. The minimum atomic E-state index is -0.557. The fourth-order valence-electron chi connectivity index (χ4n) is 1.84. The first kappa shape index (κ1) is 9.55. The van der Waals surface area contributed by atoms with E-state index in [2.05, 4.69) is 0 Å². The van der Waals surface area contributed by atoms with Crippen molar-refractivity contribution in [1.82, 2.24) is 5.06 Å². The van der Waals surface area contributed by atoms with Crippen LogP contribution in [-0.2, 0) is 5.21 Å². The molecule has 1 rings (SSSR count). The third-order valence-electron chi connectivity index (χ3n) is 2.62.